The first-order valence-electron chi connectivity index (χ1n) is 37.6. The molecule has 0 aromatic heterocycles. The number of unbranched alkanes of at least 4 members (excludes halogenated alkanes) is 1. The highest BCUT2D eigenvalue weighted by Gasteiger charge is 2.54. The summed E-state index contributed by atoms with van der Waals surface area (Å²) in [6.07, 6.45) is 18.0. The van der Waals surface area contributed by atoms with Gasteiger partial charge in [0.25, 0.3) is 0 Å². The number of carboxylic acid groups (broad SMARTS) is 6. The summed E-state index contributed by atoms with van der Waals surface area (Å²) in [6, 6.07) is -8.49. The van der Waals surface area contributed by atoms with Gasteiger partial charge in [-0.2, -0.15) is 0 Å². The van der Waals surface area contributed by atoms with Crippen LogP contribution in [0.25, 0.3) is 0 Å². The van der Waals surface area contributed by atoms with E-state index in [1.807, 2.05) is 48.5 Å². The second-order valence-electron chi connectivity index (χ2n) is 30.7. The molecule has 101 heavy (non-hydrogen) atoms. The van der Waals surface area contributed by atoms with Crippen molar-refractivity contribution in [3.05, 3.63) is 0 Å². The molecule has 4 aliphatic carbocycles. The molecule has 28 heteroatoms. The summed E-state index contributed by atoms with van der Waals surface area (Å²) in [4.78, 5) is 152. The fourth-order valence-electron chi connectivity index (χ4n) is 17.1. The van der Waals surface area contributed by atoms with Crippen LogP contribution in [0.3, 0.4) is 0 Å². The van der Waals surface area contributed by atoms with Gasteiger partial charge in [-0.3, -0.25) is 59.6 Å². The summed E-state index contributed by atoms with van der Waals surface area (Å²) in [5, 5.41) is 68.7. The van der Waals surface area contributed by atoms with E-state index in [1.54, 1.807) is 51.3 Å². The average molecular weight is 1430 g/mol. The molecule has 20 atom stereocenters. The van der Waals surface area contributed by atoms with Gasteiger partial charge in [0.15, 0.2) is 0 Å². The highest BCUT2D eigenvalue weighted by atomic mass is 16.5. The van der Waals surface area contributed by atoms with Crippen LogP contribution in [-0.4, -0.2) is 232 Å². The topological polar surface area (TPSA) is 406 Å². The summed E-state index contributed by atoms with van der Waals surface area (Å²) in [6.45, 7) is 24.7. The molecule has 4 saturated heterocycles. The van der Waals surface area contributed by atoms with Gasteiger partial charge in [0.05, 0.1) is 37.4 Å². The van der Waals surface area contributed by atoms with Crippen molar-refractivity contribution in [2.75, 3.05) is 13.2 Å². The van der Waals surface area contributed by atoms with Gasteiger partial charge in [0.1, 0.15) is 48.3 Å². The minimum Gasteiger partial charge on any atom is -0.480 e. The van der Waals surface area contributed by atoms with Gasteiger partial charge in [-0.1, -0.05) is 87.0 Å². The molecule has 0 aromatic carbocycles. The smallest absolute Gasteiger partial charge is 0.326 e. The lowest BCUT2D eigenvalue weighted by Crippen LogP contribution is -2.55. The number of nitrogens with zero attached hydrogens (tertiary/aromatic N) is 4. The first-order valence-corrected chi connectivity index (χ1v) is 37.6. The number of carboxylic acids is 6. The van der Waals surface area contributed by atoms with Crippen LogP contribution >= 0.6 is 0 Å². The Morgan fingerprint density at radius 3 is 0.901 bits per heavy atom. The standard InChI is InChI=1S/2C19H32N2O5.C18H30N2O5.C17H28N2O5/c1-5-26-19(25)14(9-11(2)3)20-12(4)17(22)21-15-8-6-7-13(15)10-16(21)18(23)24;1-4-6-9-14(19(25)26-5-2)20-12(3)17(22)21-15-10-7-8-13(15)11-16(21)18(23)24;1-10(2)7-8-13(17(22)23)19-11(3)16(21)20-14-6-4-5-12(14)9-15(20)18(24)25;1-9(2)7-12(16(21)22)18-10(3)15(20)19-13-6-4-5-11(13)8-14(19)17(23)24/h11-16,20H,5-10H2,1-4H3,(H,23,24);12-16,20H,4-11H2,1-3H3,(H,23,24);10-15,19H,4-9H2,1-3H3,(H,22,23)(H,24,25);9-14,18H,4-8H2,1-3H3,(H,21,22)(H,23,24)/t2*12-,13-,14-,15-,16-;11-,12-,13-,14-,15-;10-,11-,12-,13-,14-/m0000/s1. The van der Waals surface area contributed by atoms with Crippen molar-refractivity contribution in [3.63, 3.8) is 0 Å². The number of aliphatic carboxylic acids is 6. The zero-order valence-corrected chi connectivity index (χ0v) is 62.1. The van der Waals surface area contributed by atoms with Crippen molar-refractivity contribution >= 4 is 71.4 Å². The molecule has 4 aliphatic heterocycles. The average Bonchev–Trinajstić information content (AvgIpc) is 1.66. The summed E-state index contributed by atoms with van der Waals surface area (Å²) >= 11 is 0. The molecule has 4 amide bonds. The number of fused-ring (bicyclic) bond motifs is 4. The van der Waals surface area contributed by atoms with Crippen LogP contribution in [0.4, 0.5) is 0 Å². The molecule has 574 valence electrons. The number of hydrogen-bond acceptors (Lipinski definition) is 18. The molecule has 4 saturated carbocycles. The van der Waals surface area contributed by atoms with E-state index >= 15 is 0 Å². The Hall–Kier alpha value is -6.52. The van der Waals surface area contributed by atoms with Crippen molar-refractivity contribution in [2.45, 2.75) is 334 Å². The Labute approximate surface area is 596 Å². The van der Waals surface area contributed by atoms with Crippen LogP contribution in [0.1, 0.15) is 238 Å². The van der Waals surface area contributed by atoms with E-state index < -0.39 is 108 Å². The van der Waals surface area contributed by atoms with E-state index in [0.29, 0.717) is 63.9 Å². The molecule has 8 aliphatic rings. The summed E-state index contributed by atoms with van der Waals surface area (Å²) in [7, 11) is 0. The highest BCUT2D eigenvalue weighted by molar-refractivity contribution is 5.91. The molecular formula is C73H122N8O20. The maximum atomic E-state index is 13.1. The van der Waals surface area contributed by atoms with E-state index in [4.69, 9.17) is 9.47 Å². The normalized spacial score (nSPS) is 27.7. The number of esters is 2. The minimum absolute atomic E-state index is 0.0130. The Bertz CT molecular complexity index is 2820. The Balaban J connectivity index is 0.000000243. The van der Waals surface area contributed by atoms with Gasteiger partial charge < -0.3 is 59.7 Å². The molecule has 4 heterocycles. The number of carbonyl (C=O) groups excluding carboxylic acids is 6. The predicted octanol–water partition coefficient (Wildman–Crippen LogP) is 6.76. The molecule has 28 nitrogen and oxygen atoms in total. The van der Waals surface area contributed by atoms with Crippen LogP contribution in [0, 0.1) is 41.4 Å². The molecule has 0 bridgehead atoms. The van der Waals surface area contributed by atoms with Crippen molar-refractivity contribution in [2.24, 2.45) is 41.4 Å². The largest absolute Gasteiger partial charge is 0.480 e. The number of hydrogen-bond donors (Lipinski definition) is 10. The van der Waals surface area contributed by atoms with E-state index in [-0.39, 0.29) is 102 Å². The zero-order valence-electron chi connectivity index (χ0n) is 62.1. The lowest BCUT2D eigenvalue weighted by Gasteiger charge is -2.32. The third kappa shape index (κ3) is 23.0. The van der Waals surface area contributed by atoms with Crippen molar-refractivity contribution < 1.29 is 97.6 Å². The van der Waals surface area contributed by atoms with Gasteiger partial charge in [0.2, 0.25) is 23.6 Å². The van der Waals surface area contributed by atoms with E-state index in [9.17, 15) is 88.2 Å². The summed E-state index contributed by atoms with van der Waals surface area (Å²) in [5.74, 6) is -5.65. The van der Waals surface area contributed by atoms with Crippen molar-refractivity contribution in [1.29, 1.82) is 0 Å². The fourth-order valence-corrected chi connectivity index (χ4v) is 17.1. The number of rotatable bonds is 32. The van der Waals surface area contributed by atoms with Gasteiger partial charge in [0, 0.05) is 24.2 Å². The first-order chi connectivity index (χ1) is 47.6. The molecule has 0 radical (unpaired) electrons. The maximum Gasteiger partial charge on any atom is 0.326 e. The van der Waals surface area contributed by atoms with Crippen molar-refractivity contribution in [3.8, 4) is 0 Å². The number of ether oxygens (including phenoxy) is 2. The van der Waals surface area contributed by atoms with Gasteiger partial charge in [-0.15, -0.1) is 0 Å². The van der Waals surface area contributed by atoms with E-state index in [2.05, 4.69) is 21.3 Å². The Morgan fingerprint density at radius 1 is 0.356 bits per heavy atom. The quantitative estimate of drug-likeness (QED) is 0.0311. The second-order valence-corrected chi connectivity index (χ2v) is 30.7. The summed E-state index contributed by atoms with van der Waals surface area (Å²) in [5.41, 5.74) is 0. The third-order valence-corrected chi connectivity index (χ3v) is 21.8. The lowest BCUT2D eigenvalue weighted by molar-refractivity contribution is -0.151. The first kappa shape index (κ1) is 85.1. The predicted molar refractivity (Wildman–Crippen MR) is 373 cm³/mol. The zero-order chi connectivity index (χ0) is 75.4. The van der Waals surface area contributed by atoms with Gasteiger partial charge >= 0.3 is 47.8 Å². The van der Waals surface area contributed by atoms with Crippen molar-refractivity contribution in [1.82, 2.24) is 40.9 Å². The maximum absolute atomic E-state index is 13.1. The van der Waals surface area contributed by atoms with Gasteiger partial charge in [-0.25, -0.2) is 19.2 Å². The van der Waals surface area contributed by atoms with Crippen LogP contribution in [0.5, 0.6) is 0 Å². The fraction of sp³-hybridized carbons (Fsp3) is 0.836. The number of nitrogens with one attached hydrogen (secondary N) is 4. The number of carbonyl (C=O) groups is 12. The third-order valence-electron chi connectivity index (χ3n) is 21.8. The molecule has 8 fully saturated rings. The van der Waals surface area contributed by atoms with E-state index in [1.165, 1.54) is 9.80 Å². The van der Waals surface area contributed by atoms with E-state index in [0.717, 1.165) is 96.3 Å². The van der Waals surface area contributed by atoms with Gasteiger partial charge in [-0.05, 0) is 192 Å². The molecule has 0 unspecified atom stereocenters. The SMILES string of the molecule is CC(C)CC[C@H](N[C@@H](C)C(=O)N1[C@H](C(=O)O)C[C@@H]2CCC[C@@H]21)C(=O)O.CC(C)C[C@H](N[C@@H](C)C(=O)N1[C@H](C(=O)O)C[C@@H]2CCC[C@@H]21)C(=O)O.CCCC[C@H](N[C@@H](C)C(=O)N1[C@H](C(=O)O)C[C@@H]2CCC[C@@H]21)C(=O)OCC.CCOC(=O)[C@H](CC(C)C)N[C@@H](C)C(=O)N1[C@H](C(=O)O)C[C@@H]2CCC[C@@H]21. The van der Waals surface area contributed by atoms with Crippen LogP contribution in [0.2, 0.25) is 0 Å². The number of amides is 4. The van der Waals surface area contributed by atoms with Crippen LogP contribution in [-0.2, 0) is 67.0 Å². The molecule has 8 rings (SSSR count). The molecule has 0 aromatic rings. The Morgan fingerprint density at radius 2 is 0.634 bits per heavy atom. The highest BCUT2D eigenvalue weighted by Crippen LogP contribution is 2.45. The Kier molecular flexibility index (Phi) is 33.7. The molecular weight excluding hydrogens is 1310 g/mol. The molecule has 0 spiro atoms. The minimum atomic E-state index is -0.988. The van der Waals surface area contributed by atoms with Crippen LogP contribution < -0.4 is 21.3 Å². The molecule has 10 N–H and O–H groups in total. The second kappa shape index (κ2) is 39.9. The number of likely N-dealkylation sites (tertiary alicyclic amines) is 4. The lowest BCUT2D eigenvalue weighted by atomic mass is 10.0. The summed E-state index contributed by atoms with van der Waals surface area (Å²) < 4.78 is 10.2. The monoisotopic (exact) mass is 1430 g/mol. The van der Waals surface area contributed by atoms with Crippen LogP contribution in [0.15, 0.2) is 0 Å².